The van der Waals surface area contributed by atoms with Gasteiger partial charge in [0.25, 0.3) is 0 Å². The van der Waals surface area contributed by atoms with Gasteiger partial charge in [-0.2, -0.15) is 18.3 Å². The molecule has 0 spiro atoms. The zero-order chi connectivity index (χ0) is 16.6. The maximum Gasteiger partial charge on any atom is 0.435 e. The monoisotopic (exact) mass is 358 g/mol. The summed E-state index contributed by atoms with van der Waals surface area (Å²) in [6.45, 7) is 1.99. The van der Waals surface area contributed by atoms with E-state index in [2.05, 4.69) is 15.1 Å². The quantitative estimate of drug-likeness (QED) is 0.508. The average molecular weight is 359 g/mol. The Bertz CT molecular complexity index is 863. The number of fused-ring (bicyclic) bond motifs is 1. The van der Waals surface area contributed by atoms with Crippen LogP contribution < -0.4 is 0 Å². The lowest BCUT2D eigenvalue weighted by Crippen LogP contribution is -2.05. The fourth-order valence-corrected chi connectivity index (χ4v) is 2.94. The Morgan fingerprint density at radius 1 is 1.22 bits per heavy atom. The minimum atomic E-state index is -4.51. The summed E-state index contributed by atoms with van der Waals surface area (Å²) < 4.78 is 39.3. The lowest BCUT2D eigenvalue weighted by molar-refractivity contribution is -0.141. The Morgan fingerprint density at radius 3 is 2.70 bits per heavy atom. The summed E-state index contributed by atoms with van der Waals surface area (Å²) in [7, 11) is 0. The molecule has 4 nitrogen and oxygen atoms in total. The van der Waals surface area contributed by atoms with Crippen molar-refractivity contribution in [1.29, 1.82) is 0 Å². The lowest BCUT2D eigenvalue weighted by atomic mass is 10.2. The molecule has 23 heavy (non-hydrogen) atoms. The zero-order valence-corrected chi connectivity index (χ0v) is 13.4. The number of thioether (sulfide) groups is 1. The predicted molar refractivity (Wildman–Crippen MR) is 82.6 cm³/mol. The summed E-state index contributed by atoms with van der Waals surface area (Å²) in [5, 5.41) is 3.77. The van der Waals surface area contributed by atoms with Crippen molar-refractivity contribution in [3.05, 3.63) is 41.3 Å². The summed E-state index contributed by atoms with van der Waals surface area (Å²) in [5.74, 6) is 0.823. The molecule has 0 fully saturated rings. The van der Waals surface area contributed by atoms with Crippen molar-refractivity contribution in [3.63, 3.8) is 0 Å². The van der Waals surface area contributed by atoms with Gasteiger partial charge in [0, 0.05) is 17.2 Å². The molecule has 0 atom stereocenters. The van der Waals surface area contributed by atoms with E-state index < -0.39 is 11.9 Å². The number of hydrogen-bond donors (Lipinski definition) is 0. The second-order valence-corrected chi connectivity index (χ2v) is 6.25. The normalized spacial score (nSPS) is 12.0. The highest BCUT2D eigenvalue weighted by atomic mass is 35.5. The second-order valence-electron chi connectivity index (χ2n) is 4.56. The molecule has 3 aromatic heterocycles. The van der Waals surface area contributed by atoms with Crippen LogP contribution in [0.25, 0.3) is 17.0 Å². The molecule has 120 valence electrons. The first-order valence-electron chi connectivity index (χ1n) is 6.62. The Kier molecular flexibility index (Phi) is 4.20. The van der Waals surface area contributed by atoms with Gasteiger partial charge in [-0.15, -0.1) is 11.8 Å². The van der Waals surface area contributed by atoms with Crippen molar-refractivity contribution >= 4 is 29.0 Å². The Hall–Kier alpha value is -1.80. The zero-order valence-electron chi connectivity index (χ0n) is 11.8. The molecule has 0 aliphatic carbocycles. The standard InChI is InChI=1S/C14H10ClF3N4S/c1-2-23-9-3-4-11(15)20-13(9)8-5-6-22-12(19-8)7-10(21-22)14(16,17)18/h3-7H,2H2,1H3. The van der Waals surface area contributed by atoms with E-state index in [0.29, 0.717) is 16.5 Å². The molecule has 0 saturated heterocycles. The number of aromatic nitrogens is 4. The molecular weight excluding hydrogens is 349 g/mol. The summed E-state index contributed by atoms with van der Waals surface area (Å²) in [5.41, 5.74) is 0.111. The van der Waals surface area contributed by atoms with E-state index >= 15 is 0 Å². The van der Waals surface area contributed by atoms with Gasteiger partial charge in [0.2, 0.25) is 0 Å². The Morgan fingerprint density at radius 2 is 2.00 bits per heavy atom. The fraction of sp³-hybridized carbons (Fsp3) is 0.214. The summed E-state index contributed by atoms with van der Waals surface area (Å²) in [6, 6.07) is 5.96. The van der Waals surface area contributed by atoms with Gasteiger partial charge in [0.1, 0.15) is 10.8 Å². The molecule has 3 aromatic rings. The molecule has 0 saturated carbocycles. The van der Waals surface area contributed by atoms with Gasteiger partial charge in [-0.1, -0.05) is 18.5 Å². The summed E-state index contributed by atoms with van der Waals surface area (Å²) in [4.78, 5) is 9.35. The van der Waals surface area contributed by atoms with E-state index in [1.165, 1.54) is 6.20 Å². The van der Waals surface area contributed by atoms with Crippen molar-refractivity contribution in [2.24, 2.45) is 0 Å². The third-order valence-corrected chi connectivity index (χ3v) is 4.12. The number of hydrogen-bond acceptors (Lipinski definition) is 4. The lowest BCUT2D eigenvalue weighted by Gasteiger charge is -2.07. The maximum absolute atomic E-state index is 12.7. The molecular formula is C14H10ClF3N4S. The number of nitrogens with zero attached hydrogens (tertiary/aromatic N) is 4. The molecule has 0 N–H and O–H groups in total. The third kappa shape index (κ3) is 3.28. The molecule has 0 aromatic carbocycles. The highest BCUT2D eigenvalue weighted by Crippen LogP contribution is 2.32. The van der Waals surface area contributed by atoms with Gasteiger partial charge in [-0.05, 0) is 24.0 Å². The molecule has 3 rings (SSSR count). The smallest absolute Gasteiger partial charge is 0.233 e. The van der Waals surface area contributed by atoms with Crippen molar-refractivity contribution in [2.75, 3.05) is 5.75 Å². The molecule has 0 radical (unpaired) electrons. The largest absolute Gasteiger partial charge is 0.435 e. The molecule has 3 heterocycles. The Balaban J connectivity index is 2.12. The van der Waals surface area contributed by atoms with E-state index in [1.54, 1.807) is 23.9 Å². The number of rotatable bonds is 3. The first-order chi connectivity index (χ1) is 10.9. The van der Waals surface area contributed by atoms with Crippen molar-refractivity contribution in [2.45, 2.75) is 18.0 Å². The van der Waals surface area contributed by atoms with E-state index in [1.807, 2.05) is 13.0 Å². The highest BCUT2D eigenvalue weighted by Gasteiger charge is 2.34. The van der Waals surface area contributed by atoms with Crippen molar-refractivity contribution in [3.8, 4) is 11.4 Å². The minimum Gasteiger partial charge on any atom is -0.233 e. The van der Waals surface area contributed by atoms with Crippen LogP contribution >= 0.6 is 23.4 Å². The molecule has 0 unspecified atom stereocenters. The summed E-state index contributed by atoms with van der Waals surface area (Å²) in [6.07, 6.45) is -3.08. The van der Waals surface area contributed by atoms with Crippen LogP contribution in [0.4, 0.5) is 13.2 Å². The van der Waals surface area contributed by atoms with Crippen LogP contribution in [-0.2, 0) is 6.18 Å². The van der Waals surface area contributed by atoms with Gasteiger partial charge in [0.15, 0.2) is 11.3 Å². The van der Waals surface area contributed by atoms with Gasteiger partial charge in [-0.3, -0.25) is 0 Å². The first-order valence-corrected chi connectivity index (χ1v) is 7.98. The molecule has 0 aliphatic rings. The van der Waals surface area contributed by atoms with Crippen molar-refractivity contribution in [1.82, 2.24) is 19.6 Å². The van der Waals surface area contributed by atoms with Gasteiger partial charge >= 0.3 is 6.18 Å². The summed E-state index contributed by atoms with van der Waals surface area (Å²) >= 11 is 7.49. The average Bonchev–Trinajstić information content (AvgIpc) is 2.92. The maximum atomic E-state index is 12.7. The number of pyridine rings is 1. The predicted octanol–water partition coefficient (Wildman–Crippen LogP) is 4.58. The number of alkyl halides is 3. The van der Waals surface area contributed by atoms with Crippen LogP contribution in [0.2, 0.25) is 5.15 Å². The van der Waals surface area contributed by atoms with Crippen LogP contribution in [-0.4, -0.2) is 25.3 Å². The van der Waals surface area contributed by atoms with Gasteiger partial charge in [0.05, 0.1) is 5.69 Å². The minimum absolute atomic E-state index is 0.101. The van der Waals surface area contributed by atoms with Gasteiger partial charge < -0.3 is 0 Å². The van der Waals surface area contributed by atoms with E-state index in [9.17, 15) is 13.2 Å². The molecule has 0 amide bonds. The SMILES string of the molecule is CCSc1ccc(Cl)nc1-c1ccn2nc(C(F)(F)F)cc2n1. The topological polar surface area (TPSA) is 43.1 Å². The molecule has 9 heteroatoms. The fourth-order valence-electron chi connectivity index (χ4n) is 2.03. The van der Waals surface area contributed by atoms with Crippen LogP contribution in [0.3, 0.4) is 0 Å². The van der Waals surface area contributed by atoms with Gasteiger partial charge in [-0.25, -0.2) is 14.5 Å². The second kappa shape index (κ2) is 6.01. The van der Waals surface area contributed by atoms with Crippen molar-refractivity contribution < 1.29 is 13.2 Å². The van der Waals surface area contributed by atoms with E-state index in [4.69, 9.17) is 11.6 Å². The Labute approximate surface area is 138 Å². The van der Waals surface area contributed by atoms with Crippen LogP contribution in [0.1, 0.15) is 12.6 Å². The molecule has 0 bridgehead atoms. The van der Waals surface area contributed by atoms with E-state index in [-0.39, 0.29) is 5.65 Å². The highest BCUT2D eigenvalue weighted by molar-refractivity contribution is 7.99. The third-order valence-electron chi connectivity index (χ3n) is 2.98. The van der Waals surface area contributed by atoms with Crippen LogP contribution in [0, 0.1) is 0 Å². The molecule has 0 aliphatic heterocycles. The number of halogens is 4. The van der Waals surface area contributed by atoms with E-state index in [0.717, 1.165) is 21.2 Å². The van der Waals surface area contributed by atoms with Crippen LogP contribution in [0.5, 0.6) is 0 Å². The van der Waals surface area contributed by atoms with Crippen LogP contribution in [0.15, 0.2) is 35.4 Å². The first kappa shape index (κ1) is 16.1.